The Hall–Kier alpha value is -1.51. The van der Waals surface area contributed by atoms with Crippen molar-refractivity contribution in [2.75, 3.05) is 6.54 Å². The zero-order valence-corrected chi connectivity index (χ0v) is 11.4. The van der Waals surface area contributed by atoms with Crippen molar-refractivity contribution >= 4 is 5.91 Å². The molecule has 3 heteroatoms. The van der Waals surface area contributed by atoms with E-state index in [2.05, 4.69) is 5.32 Å². The zero-order chi connectivity index (χ0) is 13.5. The molecule has 2 N–H and O–H groups in total. The van der Waals surface area contributed by atoms with Crippen molar-refractivity contribution in [3.05, 3.63) is 29.8 Å². The van der Waals surface area contributed by atoms with Gasteiger partial charge in [0.15, 0.2) is 0 Å². The van der Waals surface area contributed by atoms with E-state index in [4.69, 9.17) is 0 Å². The molecule has 1 aliphatic rings. The second kappa shape index (κ2) is 7.17. The van der Waals surface area contributed by atoms with Gasteiger partial charge in [0.1, 0.15) is 5.75 Å². The third-order valence-electron chi connectivity index (χ3n) is 3.87. The average molecular weight is 261 g/mol. The Balaban J connectivity index is 1.64. The molecular formula is C16H23NO2. The Labute approximate surface area is 115 Å². The second-order valence-corrected chi connectivity index (χ2v) is 5.47. The first-order valence-electron chi connectivity index (χ1n) is 7.28. The van der Waals surface area contributed by atoms with Gasteiger partial charge in [0.2, 0.25) is 5.91 Å². The summed E-state index contributed by atoms with van der Waals surface area (Å²) in [5.74, 6) is 1.07. The van der Waals surface area contributed by atoms with Crippen molar-refractivity contribution in [1.29, 1.82) is 0 Å². The highest BCUT2D eigenvalue weighted by molar-refractivity contribution is 5.76. The molecule has 0 aliphatic heterocycles. The standard InChI is InChI=1S/C16H23NO2/c18-15-8-6-13(7-9-15)10-11-17-16(19)12-14-4-2-1-3-5-14/h6-9,14,18H,1-5,10-12H2,(H,17,19). The number of carbonyl (C=O) groups excluding carboxylic acids is 1. The van der Waals surface area contributed by atoms with Gasteiger partial charge in [0.25, 0.3) is 0 Å². The van der Waals surface area contributed by atoms with Gasteiger partial charge in [-0.3, -0.25) is 4.79 Å². The molecule has 19 heavy (non-hydrogen) atoms. The maximum absolute atomic E-state index is 11.8. The number of rotatable bonds is 5. The van der Waals surface area contributed by atoms with E-state index < -0.39 is 0 Å². The molecule has 1 amide bonds. The minimum absolute atomic E-state index is 0.186. The van der Waals surface area contributed by atoms with Gasteiger partial charge in [-0.1, -0.05) is 31.4 Å². The van der Waals surface area contributed by atoms with Crippen LogP contribution in [0.4, 0.5) is 0 Å². The predicted molar refractivity (Wildman–Crippen MR) is 76.0 cm³/mol. The number of hydrogen-bond donors (Lipinski definition) is 2. The number of carbonyl (C=O) groups is 1. The summed E-state index contributed by atoms with van der Waals surface area (Å²) in [6, 6.07) is 7.14. The molecule has 0 saturated heterocycles. The lowest BCUT2D eigenvalue weighted by Gasteiger charge is -2.20. The second-order valence-electron chi connectivity index (χ2n) is 5.47. The third-order valence-corrected chi connectivity index (χ3v) is 3.87. The van der Waals surface area contributed by atoms with Gasteiger partial charge in [-0.15, -0.1) is 0 Å². The quantitative estimate of drug-likeness (QED) is 0.856. The molecule has 0 radical (unpaired) electrons. The van der Waals surface area contributed by atoms with Crippen molar-refractivity contribution < 1.29 is 9.90 Å². The first-order chi connectivity index (χ1) is 9.24. The lowest BCUT2D eigenvalue weighted by atomic mass is 9.87. The van der Waals surface area contributed by atoms with Crippen LogP contribution in [0.1, 0.15) is 44.1 Å². The van der Waals surface area contributed by atoms with Gasteiger partial charge >= 0.3 is 0 Å². The van der Waals surface area contributed by atoms with Gasteiger partial charge in [0, 0.05) is 13.0 Å². The van der Waals surface area contributed by atoms with Crippen LogP contribution in [-0.4, -0.2) is 17.6 Å². The van der Waals surface area contributed by atoms with E-state index in [1.54, 1.807) is 12.1 Å². The molecule has 0 atom stereocenters. The number of aromatic hydroxyl groups is 1. The minimum atomic E-state index is 0.186. The lowest BCUT2D eigenvalue weighted by Crippen LogP contribution is -2.28. The van der Waals surface area contributed by atoms with E-state index in [0.717, 1.165) is 12.0 Å². The average Bonchev–Trinajstić information content (AvgIpc) is 2.42. The largest absolute Gasteiger partial charge is 0.508 e. The van der Waals surface area contributed by atoms with Gasteiger partial charge in [0.05, 0.1) is 0 Å². The van der Waals surface area contributed by atoms with Crippen molar-refractivity contribution in [2.45, 2.75) is 44.9 Å². The summed E-state index contributed by atoms with van der Waals surface area (Å²) in [4.78, 5) is 11.8. The number of hydrogen-bond acceptors (Lipinski definition) is 2. The van der Waals surface area contributed by atoms with Crippen molar-refractivity contribution in [3.8, 4) is 5.75 Å². The summed E-state index contributed by atoms with van der Waals surface area (Å²) in [5, 5.41) is 12.2. The maximum Gasteiger partial charge on any atom is 0.220 e. The molecule has 2 rings (SSSR count). The van der Waals surface area contributed by atoms with E-state index in [0.29, 0.717) is 18.9 Å². The molecule has 104 valence electrons. The van der Waals surface area contributed by atoms with E-state index in [-0.39, 0.29) is 11.7 Å². The number of phenolic OH excluding ortho intramolecular Hbond substituents is 1. The summed E-state index contributed by atoms with van der Waals surface area (Å²) in [5.41, 5.74) is 1.13. The fourth-order valence-electron chi connectivity index (χ4n) is 2.73. The van der Waals surface area contributed by atoms with Crippen molar-refractivity contribution in [3.63, 3.8) is 0 Å². The smallest absolute Gasteiger partial charge is 0.220 e. The fourth-order valence-corrected chi connectivity index (χ4v) is 2.73. The van der Waals surface area contributed by atoms with Gasteiger partial charge in [-0.2, -0.15) is 0 Å². The summed E-state index contributed by atoms with van der Waals surface area (Å²) in [6.07, 6.45) is 7.83. The highest BCUT2D eigenvalue weighted by Crippen LogP contribution is 2.25. The summed E-state index contributed by atoms with van der Waals surface area (Å²) < 4.78 is 0. The van der Waals surface area contributed by atoms with Crippen LogP contribution in [0.2, 0.25) is 0 Å². The third kappa shape index (κ3) is 4.93. The number of amides is 1. The number of phenols is 1. The predicted octanol–water partition coefficient (Wildman–Crippen LogP) is 3.02. The van der Waals surface area contributed by atoms with Crippen LogP contribution >= 0.6 is 0 Å². The van der Waals surface area contributed by atoms with E-state index in [1.807, 2.05) is 12.1 Å². The fraction of sp³-hybridized carbons (Fsp3) is 0.562. The minimum Gasteiger partial charge on any atom is -0.508 e. The van der Waals surface area contributed by atoms with Crippen LogP contribution in [0.15, 0.2) is 24.3 Å². The lowest BCUT2D eigenvalue weighted by molar-refractivity contribution is -0.122. The van der Waals surface area contributed by atoms with Crippen LogP contribution in [0.3, 0.4) is 0 Å². The summed E-state index contributed by atoms with van der Waals surface area (Å²) in [7, 11) is 0. The molecule has 0 spiro atoms. The molecule has 1 fully saturated rings. The molecule has 3 nitrogen and oxygen atoms in total. The van der Waals surface area contributed by atoms with E-state index in [1.165, 1.54) is 32.1 Å². The Morgan fingerprint density at radius 2 is 1.84 bits per heavy atom. The first kappa shape index (κ1) is 13.9. The zero-order valence-electron chi connectivity index (χ0n) is 11.4. The SMILES string of the molecule is O=C(CC1CCCCC1)NCCc1ccc(O)cc1. The van der Waals surface area contributed by atoms with Crippen LogP contribution in [0.5, 0.6) is 5.75 Å². The topological polar surface area (TPSA) is 49.3 Å². The molecule has 0 aromatic heterocycles. The molecule has 1 saturated carbocycles. The summed E-state index contributed by atoms with van der Waals surface area (Å²) in [6.45, 7) is 0.677. The molecule has 1 aliphatic carbocycles. The molecule has 1 aromatic rings. The van der Waals surface area contributed by atoms with Crippen LogP contribution in [0.25, 0.3) is 0 Å². The Bertz CT molecular complexity index is 394. The Morgan fingerprint density at radius 3 is 2.53 bits per heavy atom. The van der Waals surface area contributed by atoms with Gasteiger partial charge in [-0.05, 0) is 42.9 Å². The van der Waals surface area contributed by atoms with Crippen molar-refractivity contribution in [1.82, 2.24) is 5.32 Å². The Morgan fingerprint density at radius 1 is 1.16 bits per heavy atom. The maximum atomic E-state index is 11.8. The van der Waals surface area contributed by atoms with E-state index in [9.17, 15) is 9.90 Å². The first-order valence-corrected chi connectivity index (χ1v) is 7.28. The molecular weight excluding hydrogens is 238 g/mol. The summed E-state index contributed by atoms with van der Waals surface area (Å²) >= 11 is 0. The Kier molecular flexibility index (Phi) is 5.25. The normalized spacial score (nSPS) is 16.2. The monoisotopic (exact) mass is 261 g/mol. The number of nitrogens with one attached hydrogen (secondary N) is 1. The van der Waals surface area contributed by atoms with Gasteiger partial charge in [-0.25, -0.2) is 0 Å². The van der Waals surface area contributed by atoms with Crippen LogP contribution in [-0.2, 0) is 11.2 Å². The molecule has 0 heterocycles. The molecule has 0 unspecified atom stereocenters. The highest BCUT2D eigenvalue weighted by atomic mass is 16.3. The number of benzene rings is 1. The van der Waals surface area contributed by atoms with Crippen LogP contribution < -0.4 is 5.32 Å². The van der Waals surface area contributed by atoms with Crippen molar-refractivity contribution in [2.24, 2.45) is 5.92 Å². The van der Waals surface area contributed by atoms with E-state index >= 15 is 0 Å². The van der Waals surface area contributed by atoms with Gasteiger partial charge < -0.3 is 10.4 Å². The molecule has 1 aromatic carbocycles. The van der Waals surface area contributed by atoms with Crippen LogP contribution in [0, 0.1) is 5.92 Å². The highest BCUT2D eigenvalue weighted by Gasteiger charge is 2.16. The molecule has 0 bridgehead atoms.